The van der Waals surface area contributed by atoms with E-state index in [1.165, 1.54) is 5.69 Å². The molecule has 2 N–H and O–H groups in total. The molecule has 0 aromatic carbocycles. The van der Waals surface area contributed by atoms with Crippen LogP contribution in [-0.4, -0.2) is 45.0 Å². The molecule has 2 heterocycles. The molecule has 2 rings (SSSR count). The van der Waals surface area contributed by atoms with Crippen LogP contribution in [0.1, 0.15) is 50.6 Å². The number of nitrogens with zero attached hydrogens (tertiary/aromatic N) is 3. The van der Waals surface area contributed by atoms with Gasteiger partial charge in [-0.15, -0.1) is 0 Å². The van der Waals surface area contributed by atoms with Crippen LogP contribution in [0.15, 0.2) is 0 Å². The Kier molecular flexibility index (Phi) is 6.04. The fourth-order valence-corrected chi connectivity index (χ4v) is 3.45. The lowest BCUT2D eigenvalue weighted by Gasteiger charge is -2.33. The average molecular weight is 322 g/mol. The molecule has 0 spiro atoms. The minimum Gasteiger partial charge on any atom is -0.393 e. The summed E-state index contributed by atoms with van der Waals surface area (Å²) in [5.74, 6) is 0.316. The summed E-state index contributed by atoms with van der Waals surface area (Å²) in [6.07, 6.45) is 3.25. The van der Waals surface area contributed by atoms with E-state index in [1.807, 2.05) is 23.6 Å². The molecule has 1 aliphatic rings. The van der Waals surface area contributed by atoms with E-state index in [0.717, 1.165) is 50.0 Å². The van der Waals surface area contributed by atoms with Gasteiger partial charge in [0.1, 0.15) is 0 Å². The smallest absolute Gasteiger partial charge is 0.317 e. The molecule has 1 aromatic rings. The van der Waals surface area contributed by atoms with Crippen LogP contribution in [0.4, 0.5) is 4.79 Å². The van der Waals surface area contributed by atoms with Crippen molar-refractivity contribution in [3.8, 4) is 0 Å². The highest BCUT2D eigenvalue weighted by molar-refractivity contribution is 5.74. The zero-order chi connectivity index (χ0) is 17.0. The van der Waals surface area contributed by atoms with E-state index in [9.17, 15) is 9.90 Å². The van der Waals surface area contributed by atoms with Gasteiger partial charge in [-0.3, -0.25) is 4.68 Å². The van der Waals surface area contributed by atoms with Gasteiger partial charge in [0, 0.05) is 37.9 Å². The molecule has 130 valence electrons. The third-order valence-electron chi connectivity index (χ3n) is 4.95. The van der Waals surface area contributed by atoms with Crippen LogP contribution < -0.4 is 5.32 Å². The number of carbonyl (C=O) groups excluding carboxylic acids is 1. The van der Waals surface area contributed by atoms with E-state index in [1.54, 1.807) is 0 Å². The largest absolute Gasteiger partial charge is 0.393 e. The number of piperidine rings is 1. The molecule has 0 radical (unpaired) electrons. The van der Waals surface area contributed by atoms with Crippen molar-refractivity contribution in [1.82, 2.24) is 20.0 Å². The van der Waals surface area contributed by atoms with Crippen molar-refractivity contribution in [3.05, 3.63) is 17.0 Å². The summed E-state index contributed by atoms with van der Waals surface area (Å²) >= 11 is 0. The summed E-state index contributed by atoms with van der Waals surface area (Å²) in [6, 6.07) is -0.0120. The van der Waals surface area contributed by atoms with Crippen LogP contribution in [0.2, 0.25) is 0 Å². The Labute approximate surface area is 138 Å². The molecule has 6 nitrogen and oxygen atoms in total. The highest BCUT2D eigenvalue weighted by atomic mass is 16.3. The van der Waals surface area contributed by atoms with Crippen LogP contribution in [0.25, 0.3) is 0 Å². The molecular weight excluding hydrogens is 292 g/mol. The van der Waals surface area contributed by atoms with Gasteiger partial charge < -0.3 is 15.3 Å². The Balaban J connectivity index is 1.93. The molecular formula is C17H30N4O2. The molecule has 0 bridgehead atoms. The van der Waals surface area contributed by atoms with E-state index < -0.39 is 0 Å². The van der Waals surface area contributed by atoms with E-state index in [2.05, 4.69) is 24.3 Å². The van der Waals surface area contributed by atoms with Crippen LogP contribution in [-0.2, 0) is 26.4 Å². The van der Waals surface area contributed by atoms with Gasteiger partial charge in [0.25, 0.3) is 0 Å². The molecule has 1 unspecified atom stereocenters. The van der Waals surface area contributed by atoms with Crippen molar-refractivity contribution in [3.63, 3.8) is 0 Å². The zero-order valence-electron chi connectivity index (χ0n) is 14.8. The zero-order valence-corrected chi connectivity index (χ0v) is 14.8. The van der Waals surface area contributed by atoms with Crippen LogP contribution in [0.3, 0.4) is 0 Å². The number of amides is 2. The second kappa shape index (κ2) is 7.81. The van der Waals surface area contributed by atoms with Gasteiger partial charge in [-0.1, -0.05) is 13.8 Å². The van der Waals surface area contributed by atoms with Gasteiger partial charge in [0.05, 0.1) is 11.8 Å². The first kappa shape index (κ1) is 17.8. The highest BCUT2D eigenvalue weighted by Crippen LogP contribution is 2.21. The number of aromatic nitrogens is 2. The predicted molar refractivity (Wildman–Crippen MR) is 90.2 cm³/mol. The third kappa shape index (κ3) is 4.05. The minimum absolute atomic E-state index is 0.0120. The van der Waals surface area contributed by atoms with Crippen molar-refractivity contribution in [1.29, 1.82) is 0 Å². The summed E-state index contributed by atoms with van der Waals surface area (Å²) in [5.41, 5.74) is 3.41. The Morgan fingerprint density at radius 1 is 1.35 bits per heavy atom. The van der Waals surface area contributed by atoms with Gasteiger partial charge in [0.15, 0.2) is 0 Å². The highest BCUT2D eigenvalue weighted by Gasteiger charge is 2.25. The quantitative estimate of drug-likeness (QED) is 0.869. The van der Waals surface area contributed by atoms with Gasteiger partial charge in [-0.05, 0) is 38.5 Å². The number of carbonyl (C=O) groups is 1. The first-order chi connectivity index (χ1) is 11.0. The number of likely N-dealkylation sites (tertiary alicyclic amines) is 1. The number of aliphatic hydroxyl groups is 1. The Morgan fingerprint density at radius 3 is 2.52 bits per heavy atom. The molecule has 6 heteroatoms. The van der Waals surface area contributed by atoms with Gasteiger partial charge >= 0.3 is 6.03 Å². The molecule has 1 aromatic heterocycles. The Bertz CT molecular complexity index is 531. The lowest BCUT2D eigenvalue weighted by atomic mass is 9.92. The topological polar surface area (TPSA) is 70.4 Å². The van der Waals surface area contributed by atoms with Crippen molar-refractivity contribution in [2.24, 2.45) is 13.0 Å². The van der Waals surface area contributed by atoms with Crippen molar-refractivity contribution in [2.45, 2.75) is 59.1 Å². The monoisotopic (exact) mass is 322 g/mol. The number of aryl methyl sites for hydroxylation is 2. The predicted octanol–water partition coefficient (Wildman–Crippen LogP) is 1.85. The van der Waals surface area contributed by atoms with Crippen molar-refractivity contribution < 1.29 is 9.90 Å². The molecule has 1 fully saturated rings. The maximum absolute atomic E-state index is 12.4. The summed E-state index contributed by atoms with van der Waals surface area (Å²) in [6.45, 7) is 8.01. The lowest BCUT2D eigenvalue weighted by Crippen LogP contribution is -2.45. The van der Waals surface area contributed by atoms with E-state index in [-0.39, 0.29) is 12.1 Å². The molecule has 1 atom stereocenters. The van der Waals surface area contributed by atoms with Crippen LogP contribution in [0.5, 0.6) is 0 Å². The summed E-state index contributed by atoms with van der Waals surface area (Å²) in [5, 5.41) is 17.2. The second-order valence-electron chi connectivity index (χ2n) is 6.43. The fourth-order valence-electron chi connectivity index (χ4n) is 3.45. The molecule has 1 saturated heterocycles. The number of hydrogen-bond acceptors (Lipinski definition) is 3. The molecule has 0 aliphatic carbocycles. The van der Waals surface area contributed by atoms with E-state index in [4.69, 9.17) is 0 Å². The third-order valence-corrected chi connectivity index (χ3v) is 4.95. The van der Waals surface area contributed by atoms with Crippen LogP contribution >= 0.6 is 0 Å². The van der Waals surface area contributed by atoms with Gasteiger partial charge in [0.2, 0.25) is 0 Å². The Morgan fingerprint density at radius 2 is 2.00 bits per heavy atom. The maximum Gasteiger partial charge on any atom is 0.317 e. The number of rotatable bonds is 5. The van der Waals surface area contributed by atoms with Crippen molar-refractivity contribution >= 4 is 6.03 Å². The minimum atomic E-state index is -0.283. The standard InChI is InChI=1S/C17H30N4O2/c1-5-15-14(16(6-2)20(4)19-15)11-18-17(23)21-9-7-13(8-10-21)12(3)22/h12-13,22H,5-11H2,1-4H3,(H,18,23). The SMILES string of the molecule is CCc1nn(C)c(CC)c1CNC(=O)N1CCC(C(C)O)CC1. The first-order valence-corrected chi connectivity index (χ1v) is 8.72. The number of nitrogens with one attached hydrogen (secondary N) is 1. The molecule has 23 heavy (non-hydrogen) atoms. The maximum atomic E-state index is 12.4. The first-order valence-electron chi connectivity index (χ1n) is 8.72. The van der Waals surface area contributed by atoms with Gasteiger partial charge in [-0.2, -0.15) is 5.10 Å². The van der Waals surface area contributed by atoms with Crippen LogP contribution in [0, 0.1) is 5.92 Å². The molecule has 2 amide bonds. The summed E-state index contributed by atoms with van der Waals surface area (Å²) in [4.78, 5) is 14.2. The second-order valence-corrected chi connectivity index (χ2v) is 6.43. The van der Waals surface area contributed by atoms with Crippen molar-refractivity contribution in [2.75, 3.05) is 13.1 Å². The number of aliphatic hydroxyl groups excluding tert-OH is 1. The lowest BCUT2D eigenvalue weighted by molar-refractivity contribution is 0.0798. The summed E-state index contributed by atoms with van der Waals surface area (Å²) in [7, 11) is 1.96. The van der Waals surface area contributed by atoms with E-state index in [0.29, 0.717) is 12.5 Å². The average Bonchev–Trinajstić information content (AvgIpc) is 2.87. The number of hydrogen-bond donors (Lipinski definition) is 2. The molecule has 1 aliphatic heterocycles. The number of urea groups is 1. The van der Waals surface area contributed by atoms with E-state index >= 15 is 0 Å². The normalized spacial score (nSPS) is 17.3. The molecule has 0 saturated carbocycles. The fraction of sp³-hybridized carbons (Fsp3) is 0.765. The Hall–Kier alpha value is -1.56. The van der Waals surface area contributed by atoms with Gasteiger partial charge in [-0.25, -0.2) is 4.79 Å². The summed E-state index contributed by atoms with van der Waals surface area (Å²) < 4.78 is 1.93.